The smallest absolute Gasteiger partial charge is 0.260 e. The first-order valence-electron chi connectivity index (χ1n) is 10.2. The summed E-state index contributed by atoms with van der Waals surface area (Å²) in [6.45, 7) is 2.39. The van der Waals surface area contributed by atoms with Gasteiger partial charge < -0.3 is 19.6 Å². The van der Waals surface area contributed by atoms with Crippen molar-refractivity contribution in [2.24, 2.45) is 0 Å². The van der Waals surface area contributed by atoms with Gasteiger partial charge in [0.25, 0.3) is 5.91 Å². The van der Waals surface area contributed by atoms with Crippen LogP contribution >= 0.6 is 0 Å². The van der Waals surface area contributed by atoms with E-state index in [1.807, 2.05) is 30.3 Å². The van der Waals surface area contributed by atoms with Crippen molar-refractivity contribution in [3.05, 3.63) is 90.0 Å². The Hall–Kier alpha value is -3.80. The molecule has 0 bridgehead atoms. The van der Waals surface area contributed by atoms with Gasteiger partial charge in [-0.3, -0.25) is 9.59 Å². The molecule has 1 aliphatic heterocycles. The SMILES string of the molecule is O=C(c1ccccc1)c1ccc(OCC(=O)N2CCN(c3ccccc3O)CC2)cc1. The summed E-state index contributed by atoms with van der Waals surface area (Å²) in [4.78, 5) is 28.8. The molecule has 0 aliphatic carbocycles. The number of piperazine rings is 1. The zero-order valence-corrected chi connectivity index (χ0v) is 17.1. The lowest BCUT2D eigenvalue weighted by Crippen LogP contribution is -2.50. The van der Waals surface area contributed by atoms with Gasteiger partial charge >= 0.3 is 0 Å². The van der Waals surface area contributed by atoms with Crippen LogP contribution in [0.15, 0.2) is 78.9 Å². The van der Waals surface area contributed by atoms with Gasteiger partial charge in [0.05, 0.1) is 5.69 Å². The first-order valence-corrected chi connectivity index (χ1v) is 10.2. The number of para-hydroxylation sites is 2. The maximum Gasteiger partial charge on any atom is 0.260 e. The molecule has 6 nitrogen and oxygen atoms in total. The Morgan fingerprint density at radius 3 is 2.06 bits per heavy atom. The molecule has 1 amide bonds. The third-order valence-corrected chi connectivity index (χ3v) is 5.37. The molecule has 1 fully saturated rings. The molecule has 1 heterocycles. The van der Waals surface area contributed by atoms with E-state index in [1.165, 1.54) is 0 Å². The Morgan fingerprint density at radius 2 is 1.39 bits per heavy atom. The maximum atomic E-state index is 12.5. The summed E-state index contributed by atoms with van der Waals surface area (Å²) in [6.07, 6.45) is 0. The molecule has 31 heavy (non-hydrogen) atoms. The van der Waals surface area contributed by atoms with Crippen molar-refractivity contribution in [1.82, 2.24) is 4.90 Å². The van der Waals surface area contributed by atoms with Crippen molar-refractivity contribution in [1.29, 1.82) is 0 Å². The average Bonchev–Trinajstić information content (AvgIpc) is 2.83. The summed E-state index contributed by atoms with van der Waals surface area (Å²) >= 11 is 0. The van der Waals surface area contributed by atoms with Crippen LogP contribution in [0.1, 0.15) is 15.9 Å². The highest BCUT2D eigenvalue weighted by atomic mass is 16.5. The molecule has 1 saturated heterocycles. The first kappa shape index (κ1) is 20.5. The number of hydrogen-bond acceptors (Lipinski definition) is 5. The van der Waals surface area contributed by atoms with Gasteiger partial charge in [0, 0.05) is 37.3 Å². The fraction of sp³-hybridized carbons (Fsp3) is 0.200. The molecule has 4 rings (SSSR count). The number of phenolic OH excluding ortho intramolecular Hbond substituents is 1. The van der Waals surface area contributed by atoms with E-state index in [0.717, 1.165) is 5.69 Å². The Bertz CT molecular complexity index is 1040. The van der Waals surface area contributed by atoms with Gasteiger partial charge in [-0.1, -0.05) is 42.5 Å². The number of rotatable bonds is 6. The molecule has 3 aromatic carbocycles. The molecular weight excluding hydrogens is 392 g/mol. The molecule has 1 aliphatic rings. The predicted octanol–water partition coefficient (Wildman–Crippen LogP) is 3.35. The summed E-state index contributed by atoms with van der Waals surface area (Å²) in [5, 5.41) is 10.0. The van der Waals surface area contributed by atoms with Crippen LogP contribution in [0, 0.1) is 0 Å². The highest BCUT2D eigenvalue weighted by Crippen LogP contribution is 2.27. The number of aromatic hydroxyl groups is 1. The van der Waals surface area contributed by atoms with Crippen LogP contribution in [0.4, 0.5) is 5.69 Å². The lowest BCUT2D eigenvalue weighted by atomic mass is 10.0. The number of ketones is 1. The molecule has 0 spiro atoms. The topological polar surface area (TPSA) is 70.1 Å². The molecule has 1 N–H and O–H groups in total. The Balaban J connectivity index is 1.27. The standard InChI is InChI=1S/C25H24N2O4/c28-23-9-5-4-8-22(23)26-14-16-27(17-15-26)24(29)18-31-21-12-10-20(11-13-21)25(30)19-6-2-1-3-7-19/h1-13,28H,14-18H2. The molecule has 0 radical (unpaired) electrons. The van der Waals surface area contributed by atoms with Gasteiger partial charge in [-0.2, -0.15) is 0 Å². The van der Waals surface area contributed by atoms with Gasteiger partial charge in [-0.15, -0.1) is 0 Å². The van der Waals surface area contributed by atoms with E-state index in [0.29, 0.717) is 43.1 Å². The van der Waals surface area contributed by atoms with Crippen LogP contribution in [0.5, 0.6) is 11.5 Å². The Labute approximate surface area is 181 Å². The second-order valence-electron chi connectivity index (χ2n) is 7.36. The molecule has 0 saturated carbocycles. The summed E-state index contributed by atoms with van der Waals surface area (Å²) in [5.41, 5.74) is 2.00. The largest absolute Gasteiger partial charge is 0.506 e. The van der Waals surface area contributed by atoms with Gasteiger partial charge in [0.15, 0.2) is 12.4 Å². The summed E-state index contributed by atoms with van der Waals surface area (Å²) in [5.74, 6) is 0.664. The second-order valence-corrected chi connectivity index (χ2v) is 7.36. The van der Waals surface area contributed by atoms with Crippen molar-refractivity contribution >= 4 is 17.4 Å². The number of anilines is 1. The first-order chi connectivity index (χ1) is 15.1. The zero-order chi connectivity index (χ0) is 21.6. The summed E-state index contributed by atoms with van der Waals surface area (Å²) < 4.78 is 5.64. The van der Waals surface area contributed by atoms with E-state index in [9.17, 15) is 14.7 Å². The second kappa shape index (κ2) is 9.34. The van der Waals surface area contributed by atoms with E-state index < -0.39 is 0 Å². The predicted molar refractivity (Wildman–Crippen MR) is 119 cm³/mol. The fourth-order valence-corrected chi connectivity index (χ4v) is 3.62. The van der Waals surface area contributed by atoms with Gasteiger partial charge in [-0.25, -0.2) is 0 Å². The van der Waals surface area contributed by atoms with Crippen molar-refractivity contribution < 1.29 is 19.4 Å². The number of carbonyl (C=O) groups excluding carboxylic acids is 2. The number of nitrogens with zero attached hydrogens (tertiary/aromatic N) is 2. The summed E-state index contributed by atoms with van der Waals surface area (Å²) in [7, 11) is 0. The van der Waals surface area contributed by atoms with Crippen molar-refractivity contribution in [3.63, 3.8) is 0 Å². The molecule has 0 atom stereocenters. The minimum absolute atomic E-state index is 0.0504. The van der Waals surface area contributed by atoms with Crippen LogP contribution < -0.4 is 9.64 Å². The van der Waals surface area contributed by atoms with Crippen LogP contribution in [0.3, 0.4) is 0 Å². The van der Waals surface area contributed by atoms with E-state index in [2.05, 4.69) is 4.90 Å². The molecule has 0 aromatic heterocycles. The van der Waals surface area contributed by atoms with E-state index in [1.54, 1.807) is 53.4 Å². The van der Waals surface area contributed by atoms with Gasteiger partial charge in [0.2, 0.25) is 0 Å². The molecule has 0 unspecified atom stereocenters. The quantitative estimate of drug-likeness (QED) is 0.624. The third-order valence-electron chi connectivity index (χ3n) is 5.37. The van der Waals surface area contributed by atoms with E-state index in [-0.39, 0.29) is 24.0 Å². The van der Waals surface area contributed by atoms with E-state index in [4.69, 9.17) is 4.74 Å². The number of phenols is 1. The van der Waals surface area contributed by atoms with Crippen molar-refractivity contribution in [2.45, 2.75) is 0 Å². The monoisotopic (exact) mass is 416 g/mol. The number of carbonyl (C=O) groups is 2. The number of hydrogen-bond donors (Lipinski definition) is 1. The number of ether oxygens (including phenoxy) is 1. The maximum absolute atomic E-state index is 12.5. The number of amides is 1. The highest BCUT2D eigenvalue weighted by Gasteiger charge is 2.22. The van der Waals surface area contributed by atoms with Crippen molar-refractivity contribution in [2.75, 3.05) is 37.7 Å². The third kappa shape index (κ3) is 4.86. The van der Waals surface area contributed by atoms with Crippen LogP contribution in [-0.2, 0) is 4.79 Å². The van der Waals surface area contributed by atoms with Crippen LogP contribution in [-0.4, -0.2) is 54.5 Å². The fourth-order valence-electron chi connectivity index (χ4n) is 3.62. The average molecular weight is 416 g/mol. The minimum Gasteiger partial charge on any atom is -0.506 e. The Kier molecular flexibility index (Phi) is 6.17. The van der Waals surface area contributed by atoms with Crippen LogP contribution in [0.2, 0.25) is 0 Å². The molecule has 3 aromatic rings. The lowest BCUT2D eigenvalue weighted by molar-refractivity contribution is -0.133. The zero-order valence-electron chi connectivity index (χ0n) is 17.1. The molecular formula is C25H24N2O4. The minimum atomic E-state index is -0.0821. The Morgan fingerprint density at radius 1 is 0.774 bits per heavy atom. The van der Waals surface area contributed by atoms with Gasteiger partial charge in [-0.05, 0) is 36.4 Å². The molecule has 158 valence electrons. The van der Waals surface area contributed by atoms with E-state index >= 15 is 0 Å². The highest BCUT2D eigenvalue weighted by molar-refractivity contribution is 6.09. The summed E-state index contributed by atoms with van der Waals surface area (Å²) in [6, 6.07) is 23.2. The normalized spacial score (nSPS) is 13.7. The van der Waals surface area contributed by atoms with Gasteiger partial charge in [0.1, 0.15) is 11.5 Å². The van der Waals surface area contributed by atoms with Crippen LogP contribution in [0.25, 0.3) is 0 Å². The molecule has 6 heteroatoms. The lowest BCUT2D eigenvalue weighted by Gasteiger charge is -2.36. The number of benzene rings is 3. The van der Waals surface area contributed by atoms with Crippen molar-refractivity contribution in [3.8, 4) is 11.5 Å².